The van der Waals surface area contributed by atoms with E-state index in [0.717, 1.165) is 5.56 Å². The van der Waals surface area contributed by atoms with Crippen molar-refractivity contribution in [3.63, 3.8) is 0 Å². The van der Waals surface area contributed by atoms with Crippen LogP contribution in [0.2, 0.25) is 0 Å². The fourth-order valence-corrected chi connectivity index (χ4v) is 4.27. The van der Waals surface area contributed by atoms with Crippen LogP contribution in [0.3, 0.4) is 0 Å². The minimum atomic E-state index is -0.468. The first-order chi connectivity index (χ1) is 17.4. The van der Waals surface area contributed by atoms with Crippen LogP contribution in [0.15, 0.2) is 36.5 Å². The number of hydrogen-bond acceptors (Lipinski definition) is 9. The first kappa shape index (κ1) is 24.8. The van der Waals surface area contributed by atoms with E-state index in [0.29, 0.717) is 52.8 Å². The van der Waals surface area contributed by atoms with Gasteiger partial charge in [-0.2, -0.15) is 0 Å². The molecule has 0 aliphatic heterocycles. The Balaban J connectivity index is 1.60. The van der Waals surface area contributed by atoms with Crippen molar-refractivity contribution in [3.05, 3.63) is 58.9 Å². The molecule has 1 heterocycles. The predicted molar refractivity (Wildman–Crippen MR) is 131 cm³/mol. The van der Waals surface area contributed by atoms with Crippen LogP contribution in [0.25, 0.3) is 0 Å². The van der Waals surface area contributed by atoms with E-state index in [4.69, 9.17) is 23.7 Å². The molecular formula is C26H27N3O7. The third kappa shape index (κ3) is 4.74. The highest BCUT2D eigenvalue weighted by Crippen LogP contribution is 2.39. The average Bonchev–Trinajstić information content (AvgIpc) is 2.91. The second-order valence-corrected chi connectivity index (χ2v) is 8.06. The predicted octanol–water partition coefficient (Wildman–Crippen LogP) is 3.68. The molecular weight excluding hydrogens is 466 g/mol. The topological polar surface area (TPSA) is 118 Å². The van der Waals surface area contributed by atoms with Crippen molar-refractivity contribution < 1.29 is 33.3 Å². The molecule has 3 aromatic rings. The van der Waals surface area contributed by atoms with Crippen molar-refractivity contribution in [3.8, 4) is 28.7 Å². The first-order valence-corrected chi connectivity index (χ1v) is 11.1. The van der Waals surface area contributed by atoms with Gasteiger partial charge in [-0.25, -0.2) is 9.97 Å². The fourth-order valence-electron chi connectivity index (χ4n) is 4.27. The lowest BCUT2D eigenvalue weighted by molar-refractivity contribution is 0.0962. The molecule has 1 unspecified atom stereocenters. The Labute approximate surface area is 208 Å². The molecule has 10 heteroatoms. The molecule has 0 bridgehead atoms. The normalized spacial score (nSPS) is 14.5. The van der Waals surface area contributed by atoms with E-state index in [1.54, 1.807) is 20.3 Å². The van der Waals surface area contributed by atoms with Gasteiger partial charge in [0.05, 0.1) is 46.8 Å². The molecule has 1 atom stereocenters. The maximum absolute atomic E-state index is 13.0. The van der Waals surface area contributed by atoms with Crippen molar-refractivity contribution in [2.45, 2.75) is 18.8 Å². The number of Topliss-reactive ketones (excluding diaryl/α,β-unsaturated/α-hetero) is 1. The first-order valence-electron chi connectivity index (χ1n) is 11.1. The van der Waals surface area contributed by atoms with Crippen molar-refractivity contribution in [1.82, 2.24) is 9.97 Å². The number of fused-ring (bicyclic) bond motifs is 1. The summed E-state index contributed by atoms with van der Waals surface area (Å²) in [6.07, 6.45) is 2.24. The van der Waals surface area contributed by atoms with Crippen molar-refractivity contribution >= 4 is 17.6 Å². The number of anilines is 1. The average molecular weight is 494 g/mol. The number of hydrogen-bond donors (Lipinski definition) is 1. The second kappa shape index (κ2) is 10.5. The minimum absolute atomic E-state index is 0.0679. The van der Waals surface area contributed by atoms with Gasteiger partial charge < -0.3 is 23.7 Å². The van der Waals surface area contributed by atoms with Crippen LogP contribution < -0.4 is 29.0 Å². The molecule has 1 aliphatic rings. The second-order valence-electron chi connectivity index (χ2n) is 8.06. The van der Waals surface area contributed by atoms with Gasteiger partial charge in [-0.15, -0.1) is 0 Å². The van der Waals surface area contributed by atoms with E-state index in [1.807, 2.05) is 12.1 Å². The van der Waals surface area contributed by atoms with Gasteiger partial charge in [-0.05, 0) is 30.2 Å². The van der Waals surface area contributed by atoms with Gasteiger partial charge in [0.2, 0.25) is 11.7 Å². The van der Waals surface area contributed by atoms with E-state index >= 15 is 0 Å². The lowest BCUT2D eigenvalue weighted by Crippen LogP contribution is -2.23. The number of ether oxygens (including phenoxy) is 5. The van der Waals surface area contributed by atoms with E-state index in [1.165, 1.54) is 39.7 Å². The Hall–Kier alpha value is -4.34. The van der Waals surface area contributed by atoms with E-state index in [-0.39, 0.29) is 23.2 Å². The van der Waals surface area contributed by atoms with Crippen LogP contribution in [-0.4, -0.2) is 57.2 Å². The van der Waals surface area contributed by atoms with Crippen molar-refractivity contribution in [2.24, 2.45) is 0 Å². The zero-order chi connectivity index (χ0) is 25.8. The standard InChI is InChI=1S/C26H27N3O7/c1-32-16-6-7-17(21(12-16)33-2)14-8-19-18(20(30)9-14)13-27-26(28-19)29-25(31)15-10-22(34-3)24(36-5)23(11-15)35-4/h6-7,10-14H,8-9H2,1-5H3,(H,27,28,29,31). The Morgan fingerprint density at radius 1 is 0.889 bits per heavy atom. The number of rotatable bonds is 8. The smallest absolute Gasteiger partial charge is 0.258 e. The van der Waals surface area contributed by atoms with Gasteiger partial charge in [0.25, 0.3) is 5.91 Å². The number of ketones is 1. The molecule has 1 aromatic heterocycles. The molecule has 0 spiro atoms. The van der Waals surface area contributed by atoms with Crippen molar-refractivity contribution in [1.29, 1.82) is 0 Å². The number of nitrogens with one attached hydrogen (secondary N) is 1. The number of nitrogens with zero attached hydrogens (tertiary/aromatic N) is 2. The Kier molecular flexibility index (Phi) is 7.23. The van der Waals surface area contributed by atoms with Gasteiger partial charge in [-0.1, -0.05) is 6.07 Å². The molecule has 0 saturated carbocycles. The summed E-state index contributed by atoms with van der Waals surface area (Å²) in [4.78, 5) is 34.5. The number of carbonyl (C=O) groups excluding carboxylic acids is 2. The third-order valence-electron chi connectivity index (χ3n) is 6.07. The number of carbonyl (C=O) groups is 2. The Morgan fingerprint density at radius 2 is 1.58 bits per heavy atom. The van der Waals surface area contributed by atoms with E-state index < -0.39 is 5.91 Å². The van der Waals surface area contributed by atoms with Gasteiger partial charge in [0.1, 0.15) is 11.5 Å². The number of methoxy groups -OCH3 is 5. The zero-order valence-corrected chi connectivity index (χ0v) is 20.7. The van der Waals surface area contributed by atoms with Crippen LogP contribution in [0.4, 0.5) is 5.95 Å². The molecule has 188 valence electrons. The lowest BCUT2D eigenvalue weighted by atomic mass is 9.82. The summed E-state index contributed by atoms with van der Waals surface area (Å²) < 4.78 is 26.8. The van der Waals surface area contributed by atoms with Crippen LogP contribution in [0.1, 0.15) is 44.3 Å². The molecule has 1 aliphatic carbocycles. The lowest BCUT2D eigenvalue weighted by Gasteiger charge is -2.25. The molecule has 0 fully saturated rings. The number of aromatic nitrogens is 2. The SMILES string of the molecule is COc1ccc(C2CC(=O)c3cnc(NC(=O)c4cc(OC)c(OC)c(OC)c4)nc3C2)c(OC)c1. The summed E-state index contributed by atoms with van der Waals surface area (Å²) in [5.74, 6) is 1.77. The van der Waals surface area contributed by atoms with Gasteiger partial charge in [0, 0.05) is 30.2 Å². The highest BCUT2D eigenvalue weighted by Gasteiger charge is 2.30. The maximum Gasteiger partial charge on any atom is 0.258 e. The third-order valence-corrected chi connectivity index (χ3v) is 6.07. The summed E-state index contributed by atoms with van der Waals surface area (Å²) in [7, 11) is 7.58. The van der Waals surface area contributed by atoms with Crippen LogP contribution in [0.5, 0.6) is 28.7 Å². The summed E-state index contributed by atoms with van der Waals surface area (Å²) >= 11 is 0. The highest BCUT2D eigenvalue weighted by molar-refractivity contribution is 6.04. The monoisotopic (exact) mass is 493 g/mol. The van der Waals surface area contributed by atoms with Gasteiger partial charge in [-0.3, -0.25) is 14.9 Å². The van der Waals surface area contributed by atoms with Crippen molar-refractivity contribution in [2.75, 3.05) is 40.9 Å². The molecule has 1 amide bonds. The number of amides is 1. The summed E-state index contributed by atoms with van der Waals surface area (Å²) in [5, 5.41) is 2.69. The molecule has 4 rings (SSSR count). The van der Waals surface area contributed by atoms with Crippen LogP contribution in [-0.2, 0) is 6.42 Å². The van der Waals surface area contributed by atoms with Crippen LogP contribution in [0, 0.1) is 0 Å². The summed E-state index contributed by atoms with van der Waals surface area (Å²) in [5.41, 5.74) is 2.16. The molecule has 2 aromatic carbocycles. The van der Waals surface area contributed by atoms with E-state index in [2.05, 4.69) is 15.3 Å². The molecule has 36 heavy (non-hydrogen) atoms. The van der Waals surface area contributed by atoms with E-state index in [9.17, 15) is 9.59 Å². The summed E-state index contributed by atoms with van der Waals surface area (Å²) in [6.45, 7) is 0. The molecule has 0 saturated heterocycles. The quantitative estimate of drug-likeness (QED) is 0.501. The Bertz CT molecular complexity index is 1280. The number of benzene rings is 2. The maximum atomic E-state index is 13.0. The molecule has 10 nitrogen and oxygen atoms in total. The van der Waals surface area contributed by atoms with Gasteiger partial charge >= 0.3 is 0 Å². The fraction of sp³-hybridized carbons (Fsp3) is 0.308. The molecule has 0 radical (unpaired) electrons. The zero-order valence-electron chi connectivity index (χ0n) is 20.7. The minimum Gasteiger partial charge on any atom is -0.497 e. The Morgan fingerprint density at radius 3 is 2.19 bits per heavy atom. The van der Waals surface area contributed by atoms with Crippen LogP contribution >= 0.6 is 0 Å². The molecule has 1 N–H and O–H groups in total. The summed E-state index contributed by atoms with van der Waals surface area (Å²) in [6, 6.07) is 8.59. The van der Waals surface area contributed by atoms with Gasteiger partial charge in [0.15, 0.2) is 17.3 Å². The largest absolute Gasteiger partial charge is 0.497 e. The highest BCUT2D eigenvalue weighted by atomic mass is 16.5.